The van der Waals surface area contributed by atoms with Crippen LogP contribution in [0, 0.1) is 13.8 Å². The van der Waals surface area contributed by atoms with Gasteiger partial charge in [-0.15, -0.1) is 0 Å². The summed E-state index contributed by atoms with van der Waals surface area (Å²) in [4.78, 5) is 0. The molecule has 2 rings (SSSR count). The summed E-state index contributed by atoms with van der Waals surface area (Å²) >= 11 is -0.556. The predicted octanol–water partition coefficient (Wildman–Crippen LogP) is 7.05. The van der Waals surface area contributed by atoms with Gasteiger partial charge in [0.05, 0.1) is 0 Å². The summed E-state index contributed by atoms with van der Waals surface area (Å²) in [5, 5.41) is 0. The molecule has 0 radical (unpaired) electrons. The van der Waals surface area contributed by atoms with Crippen LogP contribution in [-0.4, -0.2) is 0 Å². The SMILES string of the molecule is C[c-]1ccc(C(C)C)c1.C[c-]1ccc(C(C)C)c1.[Cl][Ti][Cl]. The summed E-state index contributed by atoms with van der Waals surface area (Å²) in [6.07, 6.45) is 0. The number of hydrogen-bond acceptors (Lipinski definition) is 0. The van der Waals surface area contributed by atoms with Crippen LogP contribution in [0.5, 0.6) is 0 Å². The van der Waals surface area contributed by atoms with Gasteiger partial charge < -0.3 is 0 Å². The summed E-state index contributed by atoms with van der Waals surface area (Å²) in [7, 11) is 9.78. The number of halogens is 2. The van der Waals surface area contributed by atoms with Crippen molar-refractivity contribution < 1.29 is 17.0 Å². The van der Waals surface area contributed by atoms with E-state index >= 15 is 0 Å². The third-order valence-electron chi connectivity index (χ3n) is 3.20. The van der Waals surface area contributed by atoms with Gasteiger partial charge in [-0.3, -0.25) is 0 Å². The molecule has 0 atom stereocenters. The molecule has 2 aromatic rings. The van der Waals surface area contributed by atoms with E-state index in [9.17, 15) is 0 Å². The van der Waals surface area contributed by atoms with Gasteiger partial charge in [0.15, 0.2) is 0 Å². The number of aryl methyl sites for hydroxylation is 2. The van der Waals surface area contributed by atoms with Crippen LogP contribution in [0.15, 0.2) is 36.4 Å². The average Bonchev–Trinajstić information content (AvgIpc) is 3.00. The number of hydrogen-bond donors (Lipinski definition) is 0. The van der Waals surface area contributed by atoms with Crippen molar-refractivity contribution in [2.45, 2.75) is 53.4 Å². The van der Waals surface area contributed by atoms with Crippen LogP contribution in [0.3, 0.4) is 0 Å². The van der Waals surface area contributed by atoms with E-state index in [1.54, 1.807) is 0 Å². The first-order valence-corrected chi connectivity index (χ1v) is 11.5. The Labute approximate surface area is 147 Å². The van der Waals surface area contributed by atoms with Crippen molar-refractivity contribution in [3.8, 4) is 0 Å². The molecule has 0 saturated heterocycles. The zero-order valence-corrected chi connectivity index (χ0v) is 16.9. The van der Waals surface area contributed by atoms with Crippen LogP contribution < -0.4 is 0 Å². The fourth-order valence-corrected chi connectivity index (χ4v) is 1.89. The summed E-state index contributed by atoms with van der Waals surface area (Å²) < 4.78 is 0. The Kier molecular flexibility index (Phi) is 11.5. The summed E-state index contributed by atoms with van der Waals surface area (Å²) in [5.41, 5.74) is 5.65. The van der Waals surface area contributed by atoms with E-state index in [1.807, 2.05) is 0 Å². The standard InChI is InChI=1S/2C9H13.2ClH.Ti/c2*1-7(2)9-5-4-8(3)6-9;;;/h2*4-7H,1-3H3;2*1H;/q2*-1;;;+2/p-2. The molecule has 118 valence electrons. The second kappa shape index (κ2) is 11.5. The first-order chi connectivity index (χ1) is 9.81. The van der Waals surface area contributed by atoms with Crippen molar-refractivity contribution in [3.05, 3.63) is 58.7 Å². The molecule has 21 heavy (non-hydrogen) atoms. The monoisotopic (exact) mass is 360 g/mol. The van der Waals surface area contributed by atoms with Gasteiger partial charge in [-0.2, -0.15) is 46.5 Å². The first-order valence-electron chi connectivity index (χ1n) is 7.24. The normalized spacial score (nSPS) is 9.81. The van der Waals surface area contributed by atoms with Gasteiger partial charge in [-0.1, -0.05) is 53.4 Å². The van der Waals surface area contributed by atoms with Crippen molar-refractivity contribution in [1.82, 2.24) is 0 Å². The topological polar surface area (TPSA) is 0 Å². The second-order valence-electron chi connectivity index (χ2n) is 5.82. The van der Waals surface area contributed by atoms with Crippen LogP contribution >= 0.6 is 18.6 Å². The Hall–Kier alpha value is -0.00571. The molecule has 2 aromatic carbocycles. The maximum atomic E-state index is 4.89. The van der Waals surface area contributed by atoms with Gasteiger partial charge in [0.25, 0.3) is 0 Å². The van der Waals surface area contributed by atoms with E-state index in [-0.39, 0.29) is 0 Å². The Morgan fingerprint density at radius 3 is 1.19 bits per heavy atom. The third-order valence-corrected chi connectivity index (χ3v) is 3.20. The van der Waals surface area contributed by atoms with Gasteiger partial charge >= 0.3 is 35.6 Å². The van der Waals surface area contributed by atoms with Crippen molar-refractivity contribution >= 4 is 18.6 Å². The van der Waals surface area contributed by atoms with E-state index in [2.05, 4.69) is 77.9 Å². The molecule has 0 nitrogen and oxygen atoms in total. The summed E-state index contributed by atoms with van der Waals surface area (Å²) in [5.74, 6) is 1.36. The fourth-order valence-electron chi connectivity index (χ4n) is 1.89. The molecule has 0 amide bonds. The van der Waals surface area contributed by atoms with Crippen molar-refractivity contribution in [3.63, 3.8) is 0 Å². The van der Waals surface area contributed by atoms with Gasteiger partial charge in [0.1, 0.15) is 0 Å². The molecular weight excluding hydrogens is 335 g/mol. The van der Waals surface area contributed by atoms with Gasteiger partial charge in [-0.25, -0.2) is 12.1 Å². The molecule has 0 N–H and O–H groups in total. The molecule has 0 aliphatic rings. The summed E-state index contributed by atoms with van der Waals surface area (Å²) in [6, 6.07) is 13.2. The Morgan fingerprint density at radius 1 is 0.810 bits per heavy atom. The van der Waals surface area contributed by atoms with E-state index in [4.69, 9.17) is 18.6 Å². The molecule has 0 bridgehead atoms. The molecule has 0 aromatic heterocycles. The number of rotatable bonds is 2. The van der Waals surface area contributed by atoms with Gasteiger partial charge in [0, 0.05) is 0 Å². The fraction of sp³-hybridized carbons (Fsp3) is 0.444. The van der Waals surface area contributed by atoms with E-state index in [1.165, 1.54) is 22.3 Å². The van der Waals surface area contributed by atoms with Crippen molar-refractivity contribution in [1.29, 1.82) is 0 Å². The van der Waals surface area contributed by atoms with Gasteiger partial charge in [-0.05, 0) is 0 Å². The van der Waals surface area contributed by atoms with E-state index in [0.717, 1.165) is 0 Å². The van der Waals surface area contributed by atoms with Crippen LogP contribution in [-0.2, 0) is 17.0 Å². The van der Waals surface area contributed by atoms with Crippen LogP contribution in [0.2, 0.25) is 0 Å². The summed E-state index contributed by atoms with van der Waals surface area (Å²) in [6.45, 7) is 13.1. The zero-order chi connectivity index (χ0) is 16.4. The van der Waals surface area contributed by atoms with Crippen LogP contribution in [0.1, 0.15) is 61.8 Å². The minimum atomic E-state index is -0.556. The average molecular weight is 361 g/mol. The Morgan fingerprint density at radius 2 is 1.10 bits per heavy atom. The van der Waals surface area contributed by atoms with Crippen molar-refractivity contribution in [2.24, 2.45) is 0 Å². The molecule has 0 unspecified atom stereocenters. The quantitative estimate of drug-likeness (QED) is 0.397. The predicted molar refractivity (Wildman–Crippen MR) is 93.4 cm³/mol. The van der Waals surface area contributed by atoms with E-state index in [0.29, 0.717) is 11.8 Å². The van der Waals surface area contributed by atoms with Crippen LogP contribution in [0.4, 0.5) is 0 Å². The minimum absolute atomic E-state index is 0.556. The molecule has 0 heterocycles. The molecule has 3 heteroatoms. The van der Waals surface area contributed by atoms with E-state index < -0.39 is 17.0 Å². The molecule has 0 spiro atoms. The molecular formula is C18H26Cl2Ti-2. The Bertz CT molecular complexity index is 437. The molecule has 0 aliphatic carbocycles. The first kappa shape index (κ1) is 21.0. The van der Waals surface area contributed by atoms with Gasteiger partial charge in [0.2, 0.25) is 0 Å². The molecule has 0 aliphatic heterocycles. The Balaban J connectivity index is 0.000000322. The third kappa shape index (κ3) is 9.58. The second-order valence-corrected chi connectivity index (χ2v) is 8.40. The molecule has 0 saturated carbocycles. The van der Waals surface area contributed by atoms with Crippen molar-refractivity contribution in [2.75, 3.05) is 0 Å². The maximum absolute atomic E-state index is 4.89. The zero-order valence-electron chi connectivity index (χ0n) is 13.9. The van der Waals surface area contributed by atoms with Crippen LogP contribution in [0.25, 0.3) is 0 Å². The molecule has 0 fully saturated rings.